The van der Waals surface area contributed by atoms with Crippen molar-refractivity contribution in [1.29, 1.82) is 0 Å². The Morgan fingerprint density at radius 3 is 2.83 bits per heavy atom. The van der Waals surface area contributed by atoms with E-state index in [4.69, 9.17) is 9.47 Å². The van der Waals surface area contributed by atoms with Crippen molar-refractivity contribution in [1.82, 2.24) is 5.32 Å². The van der Waals surface area contributed by atoms with Crippen LogP contribution >= 0.6 is 0 Å². The first kappa shape index (κ1) is 13.9. The fourth-order valence-electron chi connectivity index (χ4n) is 3.05. The van der Waals surface area contributed by atoms with Gasteiger partial charge < -0.3 is 20.1 Å². The molecule has 0 bridgehead atoms. The van der Waals surface area contributed by atoms with Gasteiger partial charge in [-0.15, -0.1) is 0 Å². The molecule has 1 amide bonds. The maximum Gasteiger partial charge on any atom is 0.255 e. The van der Waals surface area contributed by atoms with Gasteiger partial charge >= 0.3 is 0 Å². The molecular formula is C18H18N2O3. The lowest BCUT2D eigenvalue weighted by atomic mass is 9.96. The highest BCUT2D eigenvalue weighted by atomic mass is 16.7. The van der Waals surface area contributed by atoms with Crippen molar-refractivity contribution in [3.63, 3.8) is 0 Å². The zero-order valence-corrected chi connectivity index (χ0v) is 12.9. The number of aryl methyl sites for hydroxylation is 1. The fourth-order valence-corrected chi connectivity index (χ4v) is 3.05. The summed E-state index contributed by atoms with van der Waals surface area (Å²) in [6.45, 7) is 2.29. The lowest BCUT2D eigenvalue weighted by Crippen LogP contribution is -2.55. The van der Waals surface area contributed by atoms with Crippen LogP contribution in [0.3, 0.4) is 0 Å². The number of carbonyl (C=O) groups is 1. The van der Waals surface area contributed by atoms with Gasteiger partial charge in [0.2, 0.25) is 6.79 Å². The molecule has 2 aromatic rings. The highest BCUT2D eigenvalue weighted by Gasteiger charge is 2.32. The molecule has 0 unspecified atom stereocenters. The van der Waals surface area contributed by atoms with Crippen molar-refractivity contribution in [3.05, 3.63) is 53.6 Å². The third kappa shape index (κ3) is 2.59. The molecule has 118 valence electrons. The number of amides is 1. The standard InChI is InChI=1S/C18H18N2O3/c1-18(19-14-5-3-2-4-13(14)17(21)20-18)9-8-12-6-7-15-16(10-12)23-11-22-15/h2-7,10,19H,8-9,11H2,1H3,(H,20,21)/t18-/m1/s1. The number of fused-ring (bicyclic) bond motifs is 2. The Kier molecular flexibility index (Phi) is 3.15. The summed E-state index contributed by atoms with van der Waals surface area (Å²) in [6, 6.07) is 13.5. The number of benzene rings is 2. The van der Waals surface area contributed by atoms with Crippen LogP contribution in [0.4, 0.5) is 5.69 Å². The quantitative estimate of drug-likeness (QED) is 0.915. The first-order chi connectivity index (χ1) is 11.1. The van der Waals surface area contributed by atoms with Crippen molar-refractivity contribution < 1.29 is 14.3 Å². The molecule has 23 heavy (non-hydrogen) atoms. The Labute approximate surface area is 134 Å². The van der Waals surface area contributed by atoms with Crippen molar-refractivity contribution >= 4 is 11.6 Å². The molecule has 2 aromatic carbocycles. The lowest BCUT2D eigenvalue weighted by molar-refractivity contribution is 0.0903. The SMILES string of the molecule is C[C@]1(CCc2ccc3c(c2)OCO3)NC(=O)c2ccccc2N1. The van der Waals surface area contributed by atoms with E-state index >= 15 is 0 Å². The summed E-state index contributed by atoms with van der Waals surface area (Å²) in [7, 11) is 0. The van der Waals surface area contributed by atoms with Gasteiger partial charge in [0.15, 0.2) is 11.5 Å². The molecule has 0 saturated heterocycles. The van der Waals surface area contributed by atoms with Gasteiger partial charge in [0.05, 0.1) is 5.56 Å². The summed E-state index contributed by atoms with van der Waals surface area (Å²) in [5, 5.41) is 6.50. The van der Waals surface area contributed by atoms with E-state index in [1.807, 2.05) is 49.4 Å². The first-order valence-electron chi connectivity index (χ1n) is 7.71. The highest BCUT2D eigenvalue weighted by molar-refractivity contribution is 6.02. The molecule has 0 fully saturated rings. The third-order valence-corrected chi connectivity index (χ3v) is 4.32. The zero-order chi connectivity index (χ0) is 15.9. The van der Waals surface area contributed by atoms with Crippen LogP contribution in [0.1, 0.15) is 29.3 Å². The predicted molar refractivity (Wildman–Crippen MR) is 86.8 cm³/mol. The van der Waals surface area contributed by atoms with Crippen molar-refractivity contribution in [2.75, 3.05) is 12.1 Å². The zero-order valence-electron chi connectivity index (χ0n) is 12.9. The number of anilines is 1. The Balaban J connectivity index is 1.50. The van der Waals surface area contributed by atoms with Gasteiger partial charge in [-0.2, -0.15) is 0 Å². The molecular weight excluding hydrogens is 292 g/mol. The maximum atomic E-state index is 12.3. The van der Waals surface area contributed by atoms with E-state index in [0.29, 0.717) is 5.56 Å². The maximum absolute atomic E-state index is 12.3. The Morgan fingerprint density at radius 1 is 1.09 bits per heavy atom. The molecule has 0 spiro atoms. The topological polar surface area (TPSA) is 59.6 Å². The number of hydrogen-bond acceptors (Lipinski definition) is 4. The Morgan fingerprint density at radius 2 is 1.91 bits per heavy atom. The molecule has 0 aromatic heterocycles. The van der Waals surface area contributed by atoms with Crippen LogP contribution in [0, 0.1) is 0 Å². The van der Waals surface area contributed by atoms with Gasteiger partial charge in [-0.1, -0.05) is 18.2 Å². The molecule has 0 aliphatic carbocycles. The Bertz CT molecular complexity index is 775. The minimum Gasteiger partial charge on any atom is -0.454 e. The first-order valence-corrected chi connectivity index (χ1v) is 7.71. The summed E-state index contributed by atoms with van der Waals surface area (Å²) < 4.78 is 10.7. The molecule has 5 nitrogen and oxygen atoms in total. The molecule has 5 heteroatoms. The number of nitrogens with one attached hydrogen (secondary N) is 2. The summed E-state index contributed by atoms with van der Waals surface area (Å²) in [4.78, 5) is 12.3. The van der Waals surface area contributed by atoms with Gasteiger partial charge in [0.1, 0.15) is 5.66 Å². The average molecular weight is 310 g/mol. The molecule has 0 radical (unpaired) electrons. The second-order valence-electron chi connectivity index (χ2n) is 6.14. The van der Waals surface area contributed by atoms with E-state index in [-0.39, 0.29) is 12.7 Å². The minimum absolute atomic E-state index is 0.0347. The predicted octanol–water partition coefficient (Wildman–Crippen LogP) is 2.92. The van der Waals surface area contributed by atoms with Crippen LogP contribution in [-0.4, -0.2) is 18.4 Å². The second-order valence-corrected chi connectivity index (χ2v) is 6.14. The summed E-state index contributed by atoms with van der Waals surface area (Å²) >= 11 is 0. The molecule has 4 rings (SSSR count). The molecule has 2 N–H and O–H groups in total. The van der Waals surface area contributed by atoms with Gasteiger partial charge in [0.25, 0.3) is 5.91 Å². The van der Waals surface area contributed by atoms with Gasteiger partial charge in [-0.05, 0) is 49.6 Å². The molecule has 1 atom stereocenters. The average Bonchev–Trinajstić information content (AvgIpc) is 3.00. The van der Waals surface area contributed by atoms with Crippen molar-refractivity contribution in [3.8, 4) is 11.5 Å². The Hall–Kier alpha value is -2.69. The van der Waals surface area contributed by atoms with Crippen LogP contribution in [0.2, 0.25) is 0 Å². The van der Waals surface area contributed by atoms with Crippen molar-refractivity contribution in [2.45, 2.75) is 25.4 Å². The minimum atomic E-state index is -0.470. The van der Waals surface area contributed by atoms with Crippen LogP contribution in [0.25, 0.3) is 0 Å². The number of hydrogen-bond donors (Lipinski definition) is 2. The summed E-state index contributed by atoms with van der Waals surface area (Å²) in [6.07, 6.45) is 1.59. The third-order valence-electron chi connectivity index (χ3n) is 4.32. The van der Waals surface area contributed by atoms with Crippen LogP contribution in [-0.2, 0) is 6.42 Å². The van der Waals surface area contributed by atoms with Gasteiger partial charge in [0, 0.05) is 5.69 Å². The van der Waals surface area contributed by atoms with E-state index in [9.17, 15) is 4.79 Å². The monoisotopic (exact) mass is 310 g/mol. The largest absolute Gasteiger partial charge is 0.454 e. The van der Waals surface area contributed by atoms with E-state index in [2.05, 4.69) is 10.6 Å². The van der Waals surface area contributed by atoms with Gasteiger partial charge in [-0.3, -0.25) is 4.79 Å². The smallest absolute Gasteiger partial charge is 0.255 e. The van der Waals surface area contributed by atoms with Crippen molar-refractivity contribution in [2.24, 2.45) is 0 Å². The normalized spacial score (nSPS) is 21.3. The number of para-hydroxylation sites is 1. The molecule has 2 heterocycles. The second kappa shape index (κ2) is 5.19. The highest BCUT2D eigenvalue weighted by Crippen LogP contribution is 2.33. The van der Waals surface area contributed by atoms with E-state index < -0.39 is 5.66 Å². The lowest BCUT2D eigenvalue weighted by Gasteiger charge is -2.37. The summed E-state index contributed by atoms with van der Waals surface area (Å²) in [5.74, 6) is 1.55. The number of carbonyl (C=O) groups excluding carboxylic acids is 1. The number of rotatable bonds is 3. The van der Waals surface area contributed by atoms with E-state index in [0.717, 1.165) is 35.6 Å². The van der Waals surface area contributed by atoms with E-state index in [1.165, 1.54) is 0 Å². The number of ether oxygens (including phenoxy) is 2. The van der Waals surface area contributed by atoms with Gasteiger partial charge in [-0.25, -0.2) is 0 Å². The van der Waals surface area contributed by atoms with Crippen LogP contribution in [0.5, 0.6) is 11.5 Å². The summed E-state index contributed by atoms with van der Waals surface area (Å²) in [5.41, 5.74) is 2.25. The van der Waals surface area contributed by atoms with Crippen LogP contribution in [0.15, 0.2) is 42.5 Å². The fraction of sp³-hybridized carbons (Fsp3) is 0.278. The molecule has 2 aliphatic rings. The molecule has 0 saturated carbocycles. The van der Waals surface area contributed by atoms with E-state index in [1.54, 1.807) is 0 Å². The van der Waals surface area contributed by atoms with Crippen LogP contribution < -0.4 is 20.1 Å². The molecule has 2 aliphatic heterocycles.